The Morgan fingerprint density at radius 2 is 1.05 bits per heavy atom. The van der Waals surface area contributed by atoms with Crippen LogP contribution in [0.25, 0.3) is 11.1 Å². The first-order chi connectivity index (χ1) is 10.2. The lowest BCUT2D eigenvalue weighted by Crippen LogP contribution is -2.44. The summed E-state index contributed by atoms with van der Waals surface area (Å²) in [6, 6.07) is 17.2. The molecule has 2 heteroatoms. The molecule has 0 spiro atoms. The Labute approximate surface area is 135 Å². The lowest BCUT2D eigenvalue weighted by Gasteiger charge is -2.40. The van der Waals surface area contributed by atoms with Crippen molar-refractivity contribution in [1.29, 1.82) is 0 Å². The van der Waals surface area contributed by atoms with Crippen molar-refractivity contribution in [3.63, 3.8) is 0 Å². The summed E-state index contributed by atoms with van der Waals surface area (Å²) in [5.41, 5.74) is 4.99. The maximum Gasteiger partial charge on any atom is 0.0365 e. The van der Waals surface area contributed by atoms with E-state index in [1.54, 1.807) is 0 Å². The fourth-order valence-electron chi connectivity index (χ4n) is 2.12. The van der Waals surface area contributed by atoms with Gasteiger partial charge in [-0.15, -0.1) is 0 Å². The molecule has 0 aliphatic carbocycles. The first-order valence-corrected chi connectivity index (χ1v) is 7.89. The maximum absolute atomic E-state index is 3.65. The molecule has 0 aliphatic rings. The van der Waals surface area contributed by atoms with Crippen LogP contribution >= 0.6 is 0 Å². The Morgan fingerprint density at radius 1 is 0.636 bits per heavy atom. The van der Waals surface area contributed by atoms with E-state index in [1.807, 2.05) is 7.05 Å². The third kappa shape index (κ3) is 3.62. The van der Waals surface area contributed by atoms with Crippen LogP contribution in [0.4, 0.5) is 11.4 Å². The fraction of sp³-hybridized carbons (Fsp3) is 0.400. The highest BCUT2D eigenvalue weighted by Gasteiger charge is 2.32. The average molecular weight is 296 g/mol. The van der Waals surface area contributed by atoms with Gasteiger partial charge in [0, 0.05) is 24.0 Å². The van der Waals surface area contributed by atoms with E-state index in [1.165, 1.54) is 11.1 Å². The normalized spacial score (nSPS) is 12.1. The number of anilines is 2. The maximum atomic E-state index is 3.65. The van der Waals surface area contributed by atoms with Crippen LogP contribution < -0.4 is 10.6 Å². The minimum Gasteiger partial charge on any atom is -0.388 e. The van der Waals surface area contributed by atoms with Crippen molar-refractivity contribution < 1.29 is 0 Å². The van der Waals surface area contributed by atoms with Crippen molar-refractivity contribution in [3.05, 3.63) is 48.5 Å². The van der Waals surface area contributed by atoms with Gasteiger partial charge in [0.25, 0.3) is 0 Å². The summed E-state index contributed by atoms with van der Waals surface area (Å²) in [6.07, 6.45) is 0. The van der Waals surface area contributed by atoms with Gasteiger partial charge in [-0.2, -0.15) is 0 Å². The standard InChI is InChI=1S/C20H28N2/c1-19(2,3)20(4,5)22-18-13-9-16(10-14-18)15-7-11-17(21-6)12-8-15/h7-14,21-22H,1-6H3. The zero-order valence-electron chi connectivity index (χ0n) is 14.6. The second kappa shape index (κ2) is 6.04. The third-order valence-electron chi connectivity index (χ3n) is 4.72. The zero-order valence-corrected chi connectivity index (χ0v) is 14.6. The number of hydrogen-bond donors (Lipinski definition) is 2. The predicted octanol–water partition coefficient (Wildman–Crippen LogP) is 5.63. The molecule has 0 atom stereocenters. The molecule has 2 nitrogen and oxygen atoms in total. The summed E-state index contributed by atoms with van der Waals surface area (Å²) in [5, 5.41) is 6.79. The van der Waals surface area contributed by atoms with E-state index in [-0.39, 0.29) is 11.0 Å². The van der Waals surface area contributed by atoms with Gasteiger partial charge in [0.2, 0.25) is 0 Å². The monoisotopic (exact) mass is 296 g/mol. The van der Waals surface area contributed by atoms with Gasteiger partial charge in [0.1, 0.15) is 0 Å². The summed E-state index contributed by atoms with van der Waals surface area (Å²) < 4.78 is 0. The Hall–Kier alpha value is -1.96. The van der Waals surface area contributed by atoms with E-state index >= 15 is 0 Å². The van der Waals surface area contributed by atoms with Crippen molar-refractivity contribution in [3.8, 4) is 11.1 Å². The Balaban J connectivity index is 2.16. The van der Waals surface area contributed by atoms with E-state index in [4.69, 9.17) is 0 Å². The lowest BCUT2D eigenvalue weighted by molar-refractivity contribution is 0.254. The topological polar surface area (TPSA) is 24.1 Å². The average Bonchev–Trinajstić information content (AvgIpc) is 2.47. The molecular formula is C20H28N2. The molecule has 0 saturated carbocycles. The van der Waals surface area contributed by atoms with Crippen LogP contribution in [-0.4, -0.2) is 12.6 Å². The summed E-state index contributed by atoms with van der Waals surface area (Å²) in [5.74, 6) is 0. The highest BCUT2D eigenvalue weighted by atomic mass is 15.0. The molecule has 22 heavy (non-hydrogen) atoms. The van der Waals surface area contributed by atoms with Crippen LogP contribution in [0.2, 0.25) is 0 Å². The number of rotatable bonds is 4. The molecule has 0 saturated heterocycles. The van der Waals surface area contributed by atoms with Crippen molar-refractivity contribution in [2.45, 2.75) is 40.2 Å². The first-order valence-electron chi connectivity index (χ1n) is 7.89. The molecule has 2 aromatic carbocycles. The van der Waals surface area contributed by atoms with E-state index in [2.05, 4.69) is 93.8 Å². The van der Waals surface area contributed by atoms with Crippen LogP contribution in [0.3, 0.4) is 0 Å². The molecular weight excluding hydrogens is 268 g/mol. The molecule has 0 aliphatic heterocycles. The number of hydrogen-bond acceptors (Lipinski definition) is 2. The van der Waals surface area contributed by atoms with Crippen LogP contribution in [0.15, 0.2) is 48.5 Å². The van der Waals surface area contributed by atoms with Gasteiger partial charge in [0.15, 0.2) is 0 Å². The molecule has 2 rings (SSSR count). The zero-order chi connectivity index (χ0) is 16.4. The van der Waals surface area contributed by atoms with E-state index < -0.39 is 0 Å². The van der Waals surface area contributed by atoms with Crippen LogP contribution in [-0.2, 0) is 0 Å². The van der Waals surface area contributed by atoms with Crippen molar-refractivity contribution in [1.82, 2.24) is 0 Å². The number of nitrogens with one attached hydrogen (secondary N) is 2. The van der Waals surface area contributed by atoms with Gasteiger partial charge in [-0.3, -0.25) is 0 Å². The number of benzene rings is 2. The molecule has 0 aromatic heterocycles. The SMILES string of the molecule is CNc1ccc(-c2ccc(NC(C)(C)C(C)(C)C)cc2)cc1. The first kappa shape index (κ1) is 16.4. The summed E-state index contributed by atoms with van der Waals surface area (Å²) >= 11 is 0. The van der Waals surface area contributed by atoms with E-state index in [9.17, 15) is 0 Å². The lowest BCUT2D eigenvalue weighted by atomic mass is 9.76. The minimum absolute atomic E-state index is 0.0307. The highest BCUT2D eigenvalue weighted by Crippen LogP contribution is 2.33. The third-order valence-corrected chi connectivity index (χ3v) is 4.72. The van der Waals surface area contributed by atoms with Gasteiger partial charge >= 0.3 is 0 Å². The van der Waals surface area contributed by atoms with Gasteiger partial charge < -0.3 is 10.6 Å². The Kier molecular flexibility index (Phi) is 4.50. The van der Waals surface area contributed by atoms with Crippen molar-refractivity contribution >= 4 is 11.4 Å². The second-order valence-corrected chi connectivity index (χ2v) is 7.40. The molecule has 0 unspecified atom stereocenters. The van der Waals surface area contributed by atoms with Gasteiger partial charge in [-0.25, -0.2) is 0 Å². The highest BCUT2D eigenvalue weighted by molar-refractivity contribution is 5.68. The summed E-state index contributed by atoms with van der Waals surface area (Å²) in [7, 11) is 1.94. The Morgan fingerprint density at radius 3 is 1.41 bits per heavy atom. The molecule has 2 aromatic rings. The van der Waals surface area contributed by atoms with Crippen LogP contribution in [0, 0.1) is 5.41 Å². The molecule has 0 fully saturated rings. The van der Waals surface area contributed by atoms with Crippen LogP contribution in [0.1, 0.15) is 34.6 Å². The molecule has 0 radical (unpaired) electrons. The molecule has 2 N–H and O–H groups in total. The second-order valence-electron chi connectivity index (χ2n) is 7.40. The van der Waals surface area contributed by atoms with Gasteiger partial charge in [-0.05, 0) is 54.7 Å². The van der Waals surface area contributed by atoms with E-state index in [0.29, 0.717) is 0 Å². The minimum atomic E-state index is 0.0307. The molecule has 0 bridgehead atoms. The Bertz CT molecular complexity index is 602. The van der Waals surface area contributed by atoms with Crippen LogP contribution in [0.5, 0.6) is 0 Å². The fourth-order valence-corrected chi connectivity index (χ4v) is 2.12. The largest absolute Gasteiger partial charge is 0.388 e. The predicted molar refractivity (Wildman–Crippen MR) is 98.6 cm³/mol. The van der Waals surface area contributed by atoms with Gasteiger partial charge in [-0.1, -0.05) is 45.0 Å². The van der Waals surface area contributed by atoms with Gasteiger partial charge in [0.05, 0.1) is 0 Å². The quantitative estimate of drug-likeness (QED) is 0.763. The molecule has 0 heterocycles. The summed E-state index contributed by atoms with van der Waals surface area (Å²) in [6.45, 7) is 11.3. The summed E-state index contributed by atoms with van der Waals surface area (Å²) in [4.78, 5) is 0. The molecule has 0 amide bonds. The van der Waals surface area contributed by atoms with Crippen molar-refractivity contribution in [2.24, 2.45) is 5.41 Å². The van der Waals surface area contributed by atoms with Crippen molar-refractivity contribution in [2.75, 3.05) is 17.7 Å². The molecule has 118 valence electrons. The smallest absolute Gasteiger partial charge is 0.0365 e. The van der Waals surface area contributed by atoms with E-state index in [0.717, 1.165) is 11.4 Å².